The molecule has 10 heterocycles. The van der Waals surface area contributed by atoms with E-state index in [1.54, 1.807) is 41.5 Å². The van der Waals surface area contributed by atoms with Gasteiger partial charge in [0.25, 0.3) is 5.97 Å². The van der Waals surface area contributed by atoms with Crippen LogP contribution in [0.2, 0.25) is 10.0 Å². The predicted octanol–water partition coefficient (Wildman–Crippen LogP) is 1.57. The van der Waals surface area contributed by atoms with Crippen LogP contribution in [0.15, 0.2) is 17.3 Å². The Bertz CT molecular complexity index is 3420. The molecule has 33 atom stereocenters. The Morgan fingerprint density at radius 3 is 2.05 bits per heavy atom. The van der Waals surface area contributed by atoms with Crippen LogP contribution in [0.5, 0.6) is 23.0 Å². The molecule has 608 valence electrons. The number of carbonyl (C=O) groups is 2. The lowest BCUT2D eigenvalue weighted by Crippen LogP contribution is -2.66. The summed E-state index contributed by atoms with van der Waals surface area (Å²) in [6.07, 6.45) is -37.2. The average molecular weight is 1590 g/mol. The quantitative estimate of drug-likeness (QED) is 0.0420. The molecule has 0 aromatic heterocycles. The molecule has 10 aliphatic heterocycles. The number of hydrogen-bond acceptors (Lipinski definition) is 38. The molecule has 0 bridgehead atoms. The van der Waals surface area contributed by atoms with Crippen LogP contribution in [-0.4, -0.2) is 323 Å². The summed E-state index contributed by atoms with van der Waals surface area (Å²) < 4.78 is 157. The summed E-state index contributed by atoms with van der Waals surface area (Å²) in [4.78, 5) is 39.9. The molecule has 12 rings (SSSR count). The zero-order valence-corrected chi connectivity index (χ0v) is 62.8. The van der Waals surface area contributed by atoms with Gasteiger partial charge in [0, 0.05) is 47.3 Å². The molecule has 38 nitrogen and oxygen atoms in total. The van der Waals surface area contributed by atoms with Crippen molar-refractivity contribution < 1.29 is 174 Å². The van der Waals surface area contributed by atoms with E-state index in [0.717, 1.165) is 6.07 Å². The van der Waals surface area contributed by atoms with Crippen LogP contribution in [0.3, 0.4) is 0 Å². The van der Waals surface area contributed by atoms with Gasteiger partial charge < -0.3 is 164 Å². The summed E-state index contributed by atoms with van der Waals surface area (Å²) in [6.45, 7) is 10.9. The summed E-state index contributed by atoms with van der Waals surface area (Å²) in [5.74, 6) is -7.30. The smallest absolute Gasteiger partial charge is 0.342 e. The van der Waals surface area contributed by atoms with Gasteiger partial charge in [-0.2, -0.15) is 4.91 Å². The number of halogens is 2. The number of aromatic hydroxyl groups is 3. The number of nitroso groups, excluding NO2 is 1. The van der Waals surface area contributed by atoms with Gasteiger partial charge in [0.15, 0.2) is 74.3 Å². The molecule has 0 saturated carbocycles. The van der Waals surface area contributed by atoms with Gasteiger partial charge in [-0.3, -0.25) is 0 Å². The summed E-state index contributed by atoms with van der Waals surface area (Å²) in [7, 11) is 6.66. The molecular weight excluding hydrogens is 1490 g/mol. The highest BCUT2D eigenvalue weighted by Crippen LogP contribution is 2.49. The highest BCUT2D eigenvalue weighted by Gasteiger charge is 2.67. The van der Waals surface area contributed by atoms with Crippen molar-refractivity contribution in [2.45, 2.75) is 276 Å². The number of phenols is 3. The van der Waals surface area contributed by atoms with E-state index in [4.69, 9.17) is 146 Å². The minimum Gasteiger partial charge on any atom is -0.508 e. The number of carbonyl (C=O) groups excluding carboxylic acids is 2. The maximum Gasteiger partial charge on any atom is 0.342 e. The van der Waals surface area contributed by atoms with Crippen molar-refractivity contribution in [2.24, 2.45) is 5.18 Å². The minimum atomic E-state index is -1.99. The van der Waals surface area contributed by atoms with Crippen molar-refractivity contribution in [2.75, 3.05) is 69.0 Å². The Labute approximate surface area is 629 Å². The molecule has 10 fully saturated rings. The molecule has 0 aliphatic carbocycles. The predicted molar refractivity (Wildman–Crippen MR) is 354 cm³/mol. The van der Waals surface area contributed by atoms with Gasteiger partial charge in [0.1, 0.15) is 132 Å². The van der Waals surface area contributed by atoms with Gasteiger partial charge in [-0.15, -0.1) is 0 Å². The number of phenolic OH excluding ortho intramolecular Hbond substituents is 3. The Morgan fingerprint density at radius 1 is 0.648 bits per heavy atom. The van der Waals surface area contributed by atoms with Crippen LogP contribution in [0, 0.1) is 18.8 Å². The minimum absolute atomic E-state index is 0.0672. The fraction of sp³-hybridized carbons (Fsp3) is 0.794. The normalized spacial score (nSPS) is 43.5. The summed E-state index contributed by atoms with van der Waals surface area (Å²) in [6, 6.07) is 2.29. The first-order chi connectivity index (χ1) is 51.3. The standard InChI is InChI=1S/C68H95Cl2NO37/c1-24-14-31(72)15-32(73)40(24)60(79)98-36-21-93-68(59-54(36)89-22-91-59)106-37-20-88-63(46(77)53(37)108-68)103-65-57(86-12)45(76)52(35(99-65)19-83-9)102-64-47(78)56(50(84-10)27(4)96-64)90-23-92-62(81)51-29(6)105-67(107-51)17-33(74)48(28(5)104-67)100-38-16-34(97-39-18-66(8,71-82)58(87-13)30(7)95-39)49(26(3)94-38)101-61(80)41-25(2)42(69)44(75)43(70)55(41)85-11/h14-15,26-30,33-39,45-54,56-59,62-65,72-78,81H,16-23H2,1-13H3/t26-,27-,28-,29?,30+,33-,34-,35+,36+,37-,38+,39+,45-,46-,47-,48-,49-,50+,51?,52+,53-,54-,56-,57-,58+,59-,62?,63+,64+,65-,66+,67+,68?/m1/s1. The summed E-state index contributed by atoms with van der Waals surface area (Å²) in [5, 5.41) is 93.1. The van der Waals surface area contributed by atoms with E-state index in [9.17, 15) is 55.3 Å². The third-order valence-corrected chi connectivity index (χ3v) is 21.9. The van der Waals surface area contributed by atoms with E-state index in [0.29, 0.717) is 0 Å². The molecule has 4 unspecified atom stereocenters. The van der Waals surface area contributed by atoms with Crippen LogP contribution in [0.1, 0.15) is 92.6 Å². The summed E-state index contributed by atoms with van der Waals surface area (Å²) in [5.41, 5.74) is -1.32. The van der Waals surface area contributed by atoms with Crippen molar-refractivity contribution in [3.63, 3.8) is 0 Å². The molecule has 0 radical (unpaired) electrons. The first-order valence-corrected chi connectivity index (χ1v) is 36.0. The number of benzene rings is 2. The molecule has 40 heteroatoms. The van der Waals surface area contributed by atoms with Crippen LogP contribution in [0.25, 0.3) is 0 Å². The van der Waals surface area contributed by atoms with Gasteiger partial charge >= 0.3 is 17.9 Å². The highest BCUT2D eigenvalue weighted by molar-refractivity contribution is 6.39. The molecule has 0 amide bonds. The number of aryl methyl sites for hydroxylation is 1. The van der Waals surface area contributed by atoms with E-state index in [1.165, 1.54) is 55.5 Å². The number of fused-ring (bicyclic) bond motifs is 3. The molecule has 2 aromatic rings. The number of aliphatic hydroxyl groups excluding tert-OH is 5. The zero-order chi connectivity index (χ0) is 77.9. The van der Waals surface area contributed by atoms with Crippen LogP contribution in [-0.2, 0) is 118 Å². The number of hydrogen-bond donors (Lipinski definition) is 8. The number of ether oxygens (including phenoxy) is 26. The van der Waals surface area contributed by atoms with E-state index in [-0.39, 0.29) is 89.7 Å². The fourth-order valence-electron chi connectivity index (χ4n) is 15.8. The molecule has 10 saturated heterocycles. The van der Waals surface area contributed by atoms with Gasteiger partial charge in [-0.05, 0) is 72.6 Å². The third-order valence-electron chi connectivity index (χ3n) is 21.0. The topological polar surface area (TPSA) is 465 Å². The number of aliphatic hydroxyl groups is 5. The lowest BCUT2D eigenvalue weighted by Gasteiger charge is -2.48. The van der Waals surface area contributed by atoms with Gasteiger partial charge in [-0.1, -0.05) is 28.4 Å². The third kappa shape index (κ3) is 16.3. The lowest BCUT2D eigenvalue weighted by molar-refractivity contribution is -0.412. The molecule has 108 heavy (non-hydrogen) atoms. The van der Waals surface area contributed by atoms with E-state index in [1.807, 2.05) is 0 Å². The van der Waals surface area contributed by atoms with Crippen molar-refractivity contribution in [3.8, 4) is 23.0 Å². The average Bonchev–Trinajstić information content (AvgIpc) is 1.62. The second-order valence-corrected chi connectivity index (χ2v) is 29.1. The number of esters is 2. The fourth-order valence-corrected chi connectivity index (χ4v) is 16.3. The number of rotatable bonds is 24. The van der Waals surface area contributed by atoms with E-state index < -0.39 is 232 Å². The Balaban J connectivity index is 0.641. The molecule has 8 N–H and O–H groups in total. The molecule has 2 aromatic carbocycles. The second kappa shape index (κ2) is 34.0. The first-order valence-electron chi connectivity index (χ1n) is 35.2. The zero-order valence-electron chi connectivity index (χ0n) is 61.3. The molecule has 10 aliphatic rings. The maximum atomic E-state index is 14.2. The maximum absolute atomic E-state index is 14.2. The first kappa shape index (κ1) is 83.1. The lowest BCUT2D eigenvalue weighted by atomic mass is 9.86. The van der Waals surface area contributed by atoms with Gasteiger partial charge in [0.2, 0.25) is 0 Å². The van der Waals surface area contributed by atoms with Crippen LogP contribution in [0.4, 0.5) is 0 Å². The monoisotopic (exact) mass is 1590 g/mol. The Morgan fingerprint density at radius 2 is 1.36 bits per heavy atom. The molecule has 2 spiro atoms. The highest BCUT2D eigenvalue weighted by atomic mass is 35.5. The number of methoxy groups -OCH3 is 5. The Hall–Kier alpha value is -4.36. The van der Waals surface area contributed by atoms with Crippen LogP contribution < -0.4 is 4.74 Å². The number of nitrogens with zero attached hydrogens (tertiary/aromatic N) is 1. The van der Waals surface area contributed by atoms with Gasteiger partial charge in [-0.25, -0.2) is 9.59 Å². The van der Waals surface area contributed by atoms with Crippen LogP contribution >= 0.6 is 23.2 Å². The largest absolute Gasteiger partial charge is 0.508 e. The summed E-state index contributed by atoms with van der Waals surface area (Å²) >= 11 is 12.8. The van der Waals surface area contributed by atoms with Crippen molar-refractivity contribution in [1.82, 2.24) is 0 Å². The van der Waals surface area contributed by atoms with Crippen molar-refractivity contribution in [1.29, 1.82) is 0 Å². The van der Waals surface area contributed by atoms with Crippen molar-refractivity contribution in [3.05, 3.63) is 49.3 Å². The SMILES string of the molecule is COC[C@@H]1O[C@H](O[C@@H]2OC[C@H]3OC4(OC[C@H](OC(=O)c5c(C)cc(O)cc5O)[C@H]5OCO[C@H]54)O[C@H]3[C@H]2O)[C@H](OC)[C@H](O)[C@H]1O[C@@H]1O[C@H](C)[C@H](OC)[C@H](OCOC(O)C2O[C@]3(C[C@@H](O)[C@H](O[C@H]4C[C@@H](O[C@H]5C[C@](C)(N=O)[C@@H](OC)[C@H](C)O5)[C@H](OC(=O)c5c(C)c(Cl)c(O)c(Cl)c5OC)[C@@H](C)O4)[C@@H](C)O3)OC2C)[C@H]1O. The van der Waals surface area contributed by atoms with E-state index in [2.05, 4.69) is 5.18 Å². The Kier molecular flexibility index (Phi) is 26.1. The van der Waals surface area contributed by atoms with Crippen molar-refractivity contribution >= 4 is 35.1 Å². The van der Waals surface area contributed by atoms with Gasteiger partial charge in [0.05, 0.1) is 75.0 Å². The molecular formula is C68H95Cl2NO37. The second-order valence-electron chi connectivity index (χ2n) is 28.3. The van der Waals surface area contributed by atoms with E-state index >= 15 is 0 Å².